The smallest absolute Gasteiger partial charge is 0.000000213 e. The van der Waals surface area contributed by atoms with Gasteiger partial charge in [-0.05, 0) is 356 Å². The number of hydrogen-bond donors (Lipinski definition) is 0. The van der Waals surface area contributed by atoms with Gasteiger partial charge in [0.25, 0.3) is 0 Å². The molecule has 105 heavy (non-hydrogen) atoms. The standard InChI is InChI=1S/H107P105/c1-54-81(55(2)3)94(80(52)53)101(95(82(56(4)5)57(6)7)83(58(8)9)59(10)11)104(100(92(76(44)45)77(46)47)93(78(48)49)79(50)51)105(102(96(84(60(12)13)61(14)15)85(62(16)17)63(18)19)97(86(64(20)21)65(22)23)87(66(24)25)67(26)27)103(98(88(68(28)29)69(30)31)89(70(32)33)71(34)35)99(90(72(36)37)73(38)39)91(74(40)41)75(42)43/h54H,1-53H2. The highest BCUT2D eigenvalue weighted by Crippen LogP contribution is 3.55. The van der Waals surface area contributed by atoms with Crippen LogP contribution < -0.4 is 0 Å². The average molecular weight is 3360 g/mol. The molecular weight excluding hydrogens is 3250 g/mol. The van der Waals surface area contributed by atoms with Crippen LogP contribution in [-0.2, 0) is 0 Å². The van der Waals surface area contributed by atoms with Crippen LogP contribution in [0.5, 0.6) is 0 Å². The Morgan fingerprint density at radius 2 is 0.152 bits per heavy atom. The topological polar surface area (TPSA) is 0 Å². The van der Waals surface area contributed by atoms with Crippen LogP contribution in [0.15, 0.2) is 0 Å². The molecule has 0 spiro atoms. The van der Waals surface area contributed by atoms with E-state index >= 15 is 0 Å². The fraction of sp³-hybridized carbons (Fsp3) is 0. The van der Waals surface area contributed by atoms with Gasteiger partial charge in [-0.15, -0.1) is 473 Å². The molecule has 105 heteroatoms. The van der Waals surface area contributed by atoms with Gasteiger partial charge in [0.15, 0.2) is 0 Å². The molecule has 0 aromatic heterocycles. The van der Waals surface area contributed by atoms with Crippen molar-refractivity contribution in [2.75, 3.05) is 0 Å². The molecule has 58 unspecified atom stereocenters. The van der Waals surface area contributed by atoms with E-state index in [1.165, 1.54) is 0 Å². The Morgan fingerprint density at radius 3 is 0.210 bits per heavy atom. The molecule has 0 aliphatic rings. The fourth-order valence-corrected chi connectivity index (χ4v) is 1580. The fourth-order valence-electron chi connectivity index (χ4n) is 6.49. The normalized spacial score (nSPS) is 15.9. The van der Waals surface area contributed by atoms with Crippen LogP contribution in [0.25, 0.3) is 0 Å². The summed E-state index contributed by atoms with van der Waals surface area (Å²) >= 11 is 0. The summed E-state index contributed by atoms with van der Waals surface area (Å²) in [7, 11) is 204. The summed E-state index contributed by atoms with van der Waals surface area (Å²) in [5.74, 6) is 0. The van der Waals surface area contributed by atoms with Gasteiger partial charge in [-0.2, -0.15) is 0 Å². The van der Waals surface area contributed by atoms with Gasteiger partial charge in [0.1, 0.15) is 0 Å². The van der Waals surface area contributed by atoms with Gasteiger partial charge in [0, 0.05) is 0 Å². The van der Waals surface area contributed by atoms with Crippen molar-refractivity contribution in [3.05, 3.63) is 0 Å². The summed E-state index contributed by atoms with van der Waals surface area (Å²) in [5, 5.41) is 0. The van der Waals surface area contributed by atoms with Gasteiger partial charge in [-0.1, -0.05) is 7.96 Å². The maximum Gasteiger partial charge on any atom is -0.000000213 e. The van der Waals surface area contributed by atoms with Crippen molar-refractivity contribution in [3.8, 4) is 0 Å². The van der Waals surface area contributed by atoms with Gasteiger partial charge in [0.2, 0.25) is 0 Å². The van der Waals surface area contributed by atoms with E-state index in [1.54, 1.807) is 0 Å². The van der Waals surface area contributed by atoms with Crippen molar-refractivity contribution in [1.29, 1.82) is 0 Å². The Labute approximate surface area is 823 Å². The van der Waals surface area contributed by atoms with Crippen molar-refractivity contribution in [1.82, 2.24) is 0 Å². The molecule has 0 nitrogen and oxygen atoms in total. The van der Waals surface area contributed by atoms with Crippen LogP contribution in [-0.4, -0.2) is 0 Å². The molecule has 58 atom stereocenters. The minimum Gasteiger partial charge on any atom is -0.109 e. The van der Waals surface area contributed by atoms with E-state index in [2.05, 4.69) is 473 Å². The Balaban J connectivity index is 15.1. The second-order valence-electron chi connectivity index (χ2n) is 16.7. The molecular formula is H107P105. The number of rotatable bonds is 51. The molecule has 0 fully saturated rings. The highest BCUT2D eigenvalue weighted by atomic mass is 33.7. The van der Waals surface area contributed by atoms with Crippen LogP contribution in [0.3, 0.4) is 0 Å². The highest BCUT2D eigenvalue weighted by Gasteiger charge is 2.68. The summed E-state index contributed by atoms with van der Waals surface area (Å²) in [6, 6.07) is 0. The zero-order valence-electron chi connectivity index (χ0n) is 53.9. The quantitative estimate of drug-likeness (QED) is 0.0533. The summed E-state index contributed by atoms with van der Waals surface area (Å²) < 4.78 is 0. The summed E-state index contributed by atoms with van der Waals surface area (Å²) in [4.78, 5) is 0. The Kier molecular flexibility index (Phi) is 118. The third kappa shape index (κ3) is 52.9. The summed E-state index contributed by atoms with van der Waals surface area (Å²) in [5.41, 5.74) is 0. The van der Waals surface area contributed by atoms with Gasteiger partial charge in [0.05, 0.1) is 0 Å². The SMILES string of the molecule is PPP(P(P)P)P(P(P)P)P(P(P(P(P)P)P(P)P)P(P(P)P)P(P)P)P(P(P(P(P)P)P(P)P)P(P(P)P)P(P)P)P(P(P(P(P(P)P)P(P)P)P(P(P)P)P(P)P)P(P(P(P)P)P(P)P)P(P(P)P)P(P)P)P(P(P(P(P)P)P(P)P)P(P(P)P)P(P)P)P(P(P(P)P)P(P)P)P(P(P)P)P(P)P. The van der Waals surface area contributed by atoms with E-state index < -0.39 is 342 Å². The molecule has 0 amide bonds. The van der Waals surface area contributed by atoms with Gasteiger partial charge in [-0.3, -0.25) is 0 Å². The maximum absolute atomic E-state index is 3.96. The third-order valence-electron chi connectivity index (χ3n) is 9.35. The molecule has 0 aliphatic heterocycles. The molecule has 0 rings (SSSR count). The monoisotopic (exact) mass is 3360 g/mol. The molecule has 0 aromatic carbocycles. The molecule has 632 valence electrons. The Bertz CT molecular complexity index is 1790. The maximum atomic E-state index is 3.96. The van der Waals surface area contributed by atoms with E-state index in [1.807, 2.05) is 0 Å². The Hall–Kier alpha value is 45.1. The molecule has 0 aliphatic carbocycles. The zero-order valence-corrected chi connectivity index (χ0v) is 162. The first-order valence-corrected chi connectivity index (χ1v) is 215. The van der Waals surface area contributed by atoms with Gasteiger partial charge >= 0.3 is 0 Å². The van der Waals surface area contributed by atoms with Crippen LogP contribution >= 0.6 is 838 Å². The Morgan fingerprint density at radius 1 is 0.0857 bits per heavy atom. The third-order valence-corrected chi connectivity index (χ3v) is 757. The van der Waals surface area contributed by atoms with E-state index in [0.29, 0.717) is 0 Å². The lowest BCUT2D eigenvalue weighted by molar-refractivity contribution is 4.29. The largest absolute Gasteiger partial charge is 0.109 e. The molecule has 0 saturated carbocycles. The first-order valence-electron chi connectivity index (χ1n) is 23.9. The summed E-state index contributed by atoms with van der Waals surface area (Å²) in [6.45, 7) is -24.1. The average Bonchev–Trinajstić information content (AvgIpc) is 3.42. The lowest BCUT2D eigenvalue weighted by Gasteiger charge is -2.64. The second-order valence-corrected chi connectivity index (χ2v) is 452. The van der Waals surface area contributed by atoms with Crippen LogP contribution in [0.1, 0.15) is 0 Å². The predicted molar refractivity (Wildman–Crippen MR) is 876 cm³/mol. The molecule has 0 bridgehead atoms. The lowest BCUT2D eigenvalue weighted by atomic mass is 28.3. The van der Waals surface area contributed by atoms with Crippen LogP contribution in [0.2, 0.25) is 0 Å². The van der Waals surface area contributed by atoms with E-state index in [-0.39, 0.29) is 14.0 Å². The van der Waals surface area contributed by atoms with Crippen molar-refractivity contribution in [2.45, 2.75) is 0 Å². The molecule has 0 saturated heterocycles. The summed E-state index contributed by atoms with van der Waals surface area (Å²) in [6.07, 6.45) is 0. The molecule has 0 N–H and O–H groups in total. The van der Waals surface area contributed by atoms with E-state index in [0.717, 1.165) is 7.96 Å². The molecule has 0 radical (unpaired) electrons. The van der Waals surface area contributed by atoms with E-state index in [9.17, 15) is 0 Å². The molecule has 0 aromatic rings. The van der Waals surface area contributed by atoms with Crippen LogP contribution in [0, 0.1) is 0 Å². The van der Waals surface area contributed by atoms with Crippen molar-refractivity contribution < 1.29 is 0 Å². The minimum atomic E-state index is -0.686. The van der Waals surface area contributed by atoms with Crippen LogP contribution in [0.4, 0.5) is 0 Å². The second kappa shape index (κ2) is 82.5. The lowest BCUT2D eigenvalue weighted by Crippen LogP contribution is -1.77. The first kappa shape index (κ1) is 150. The van der Waals surface area contributed by atoms with Gasteiger partial charge < -0.3 is 0 Å². The molecule has 0 heterocycles. The van der Waals surface area contributed by atoms with Gasteiger partial charge in [-0.25, -0.2) is 0 Å². The number of hydrogen-bond acceptors (Lipinski definition) is 0. The first-order chi connectivity index (χ1) is 47.8. The zero-order chi connectivity index (χ0) is 83.2. The highest BCUT2D eigenvalue weighted by molar-refractivity contribution is 9.61. The minimum absolute atomic E-state index is 0.348. The van der Waals surface area contributed by atoms with Crippen molar-refractivity contribution >= 4 is 838 Å². The van der Waals surface area contributed by atoms with Crippen molar-refractivity contribution in [3.63, 3.8) is 0 Å². The predicted octanol–water partition coefficient (Wildman–Crippen LogP) is 61.8. The van der Waals surface area contributed by atoms with E-state index in [4.69, 9.17) is 0 Å². The van der Waals surface area contributed by atoms with Crippen molar-refractivity contribution in [2.24, 2.45) is 0 Å².